The van der Waals surface area contributed by atoms with Gasteiger partial charge in [-0.15, -0.1) is 12.4 Å². The summed E-state index contributed by atoms with van der Waals surface area (Å²) in [7, 11) is 1.35. The Morgan fingerprint density at radius 1 is 1.05 bits per heavy atom. The van der Waals surface area contributed by atoms with Crippen molar-refractivity contribution in [2.75, 3.05) is 25.0 Å². The second-order valence-corrected chi connectivity index (χ2v) is 10.4. The zero-order chi connectivity index (χ0) is 28.7. The number of carbonyl (C=O) groups excluding carboxylic acids is 1. The Labute approximate surface area is 236 Å². The second-order valence-electron chi connectivity index (χ2n) is 9.68. The van der Waals surface area contributed by atoms with Gasteiger partial charge in [-0.2, -0.15) is 30.7 Å². The van der Waals surface area contributed by atoms with Crippen molar-refractivity contribution in [1.82, 2.24) is 14.3 Å². The van der Waals surface area contributed by atoms with E-state index in [0.29, 0.717) is 48.2 Å². The fourth-order valence-electron chi connectivity index (χ4n) is 4.95. The zero-order valence-electron chi connectivity index (χ0n) is 21.6. The molecule has 3 aromatic rings. The minimum atomic E-state index is -4.99. The molecule has 1 aromatic heterocycles. The van der Waals surface area contributed by atoms with Crippen molar-refractivity contribution in [2.24, 2.45) is 5.92 Å². The molecule has 5 nitrogen and oxygen atoms in total. The molecule has 2 atom stereocenters. The summed E-state index contributed by atoms with van der Waals surface area (Å²) >= 11 is 1.21. The maximum atomic E-state index is 13.9. The van der Waals surface area contributed by atoms with Crippen molar-refractivity contribution in [3.8, 4) is 0 Å². The molecule has 1 saturated heterocycles. The number of anilines is 1. The summed E-state index contributed by atoms with van der Waals surface area (Å²) in [6.45, 7) is 3.82. The second kappa shape index (κ2) is 11.9. The molecule has 14 heteroatoms. The number of nitrogens with zero attached hydrogens (tertiary/aromatic N) is 4. The van der Waals surface area contributed by atoms with Crippen molar-refractivity contribution < 1.29 is 35.5 Å². The molecule has 1 aliphatic heterocycles. The van der Waals surface area contributed by atoms with Crippen LogP contribution in [0.4, 0.5) is 35.9 Å². The molecule has 2 unspecified atom stereocenters. The predicted molar refractivity (Wildman–Crippen MR) is 139 cm³/mol. The number of aromatic nitrogens is 2. The Kier molecular flexibility index (Phi) is 9.40. The monoisotopic (exact) mass is 610 g/mol. The quantitative estimate of drug-likeness (QED) is 0.291. The van der Waals surface area contributed by atoms with Gasteiger partial charge < -0.3 is 9.80 Å². The van der Waals surface area contributed by atoms with Gasteiger partial charge in [-0.25, -0.2) is 9.37 Å². The van der Waals surface area contributed by atoms with Crippen LogP contribution < -0.4 is 4.90 Å². The number of amides is 1. The summed E-state index contributed by atoms with van der Waals surface area (Å²) in [6, 6.07) is 5.57. The molecule has 0 spiro atoms. The highest BCUT2D eigenvalue weighted by Gasteiger charge is 2.39. The molecule has 1 fully saturated rings. The number of halogens is 8. The van der Waals surface area contributed by atoms with E-state index in [4.69, 9.17) is 0 Å². The molecule has 0 N–H and O–H groups in total. The van der Waals surface area contributed by atoms with Crippen LogP contribution in [0, 0.1) is 25.6 Å². The third-order valence-corrected chi connectivity index (χ3v) is 7.66. The first-order valence-corrected chi connectivity index (χ1v) is 12.8. The van der Waals surface area contributed by atoms with E-state index in [-0.39, 0.29) is 24.0 Å². The number of benzene rings is 2. The summed E-state index contributed by atoms with van der Waals surface area (Å²) in [5, 5.41) is 0.667. The molecule has 1 aliphatic rings. The van der Waals surface area contributed by atoms with Crippen LogP contribution in [0.1, 0.15) is 46.0 Å². The van der Waals surface area contributed by atoms with E-state index in [0.717, 1.165) is 10.5 Å². The number of alkyl halides is 6. The van der Waals surface area contributed by atoms with Crippen LogP contribution in [0.2, 0.25) is 0 Å². The number of piperidine rings is 1. The van der Waals surface area contributed by atoms with Crippen LogP contribution in [0.3, 0.4) is 0 Å². The zero-order valence-corrected chi connectivity index (χ0v) is 23.2. The van der Waals surface area contributed by atoms with E-state index in [9.17, 15) is 35.5 Å². The van der Waals surface area contributed by atoms with E-state index in [1.807, 2.05) is 4.90 Å². The van der Waals surface area contributed by atoms with Gasteiger partial charge in [0.25, 0.3) is 0 Å². The van der Waals surface area contributed by atoms with Crippen LogP contribution in [0.5, 0.6) is 0 Å². The number of hydrogen-bond donors (Lipinski definition) is 0. The third kappa shape index (κ3) is 7.03. The van der Waals surface area contributed by atoms with Gasteiger partial charge in [-0.1, -0.05) is 6.07 Å². The van der Waals surface area contributed by atoms with Gasteiger partial charge in [0.1, 0.15) is 11.6 Å². The normalized spacial score (nSPS) is 17.9. The third-order valence-electron chi connectivity index (χ3n) is 6.79. The highest BCUT2D eigenvalue weighted by atomic mass is 35.5. The molecule has 0 saturated carbocycles. The van der Waals surface area contributed by atoms with E-state index >= 15 is 0 Å². The van der Waals surface area contributed by atoms with Crippen molar-refractivity contribution in [3.05, 3.63) is 75.9 Å². The minimum Gasteiger partial charge on any atom is -0.346 e. The summed E-state index contributed by atoms with van der Waals surface area (Å²) in [5.74, 6) is -1.33. The molecule has 0 bridgehead atoms. The van der Waals surface area contributed by atoms with Gasteiger partial charge in [0.15, 0.2) is 0 Å². The first kappa shape index (κ1) is 31.6. The van der Waals surface area contributed by atoms with Crippen LogP contribution in [-0.4, -0.2) is 40.3 Å². The fraction of sp³-hybridized carbons (Fsp3) is 0.423. The first-order chi connectivity index (χ1) is 18.1. The Balaban J connectivity index is 0.00000441. The molecule has 1 amide bonds. The molecule has 2 heterocycles. The number of hydrogen-bond acceptors (Lipinski definition) is 5. The smallest absolute Gasteiger partial charge is 0.346 e. The highest BCUT2D eigenvalue weighted by Crippen LogP contribution is 2.39. The first-order valence-electron chi connectivity index (χ1n) is 12.0. The lowest BCUT2D eigenvalue weighted by Gasteiger charge is -2.40. The van der Waals surface area contributed by atoms with E-state index in [1.165, 1.54) is 30.7 Å². The van der Waals surface area contributed by atoms with Crippen molar-refractivity contribution in [3.63, 3.8) is 0 Å². The van der Waals surface area contributed by atoms with E-state index < -0.39 is 53.6 Å². The summed E-state index contributed by atoms with van der Waals surface area (Å²) in [4.78, 5) is 21.2. The maximum Gasteiger partial charge on any atom is 0.416 e. The number of carbonyl (C=O) groups is 1. The van der Waals surface area contributed by atoms with Gasteiger partial charge in [-0.3, -0.25) is 4.79 Å². The SMILES string of the molecule is Cc1nsc(N2CCC(C(=O)N(C)Cc3cc(C(F)(F)F)cc(C(F)(F)F)c3)C(c3ccc(F)cc3C)C2)n1.Cl. The fourth-order valence-corrected chi connectivity index (χ4v) is 5.66. The molecule has 218 valence electrons. The van der Waals surface area contributed by atoms with Crippen LogP contribution in [0.15, 0.2) is 36.4 Å². The van der Waals surface area contributed by atoms with E-state index in [1.54, 1.807) is 19.9 Å². The van der Waals surface area contributed by atoms with Gasteiger partial charge in [0, 0.05) is 50.1 Å². The van der Waals surface area contributed by atoms with Crippen molar-refractivity contribution >= 4 is 35.0 Å². The van der Waals surface area contributed by atoms with Crippen LogP contribution in [0.25, 0.3) is 0 Å². The summed E-state index contributed by atoms with van der Waals surface area (Å²) in [5.41, 5.74) is -1.80. The lowest BCUT2D eigenvalue weighted by molar-refractivity contribution is -0.143. The minimum absolute atomic E-state index is 0. The van der Waals surface area contributed by atoms with Gasteiger partial charge in [0.2, 0.25) is 11.0 Å². The predicted octanol–water partition coefficient (Wildman–Crippen LogP) is 7.02. The Hall–Kier alpha value is -2.93. The Bertz CT molecular complexity index is 1330. The molecular weight excluding hydrogens is 585 g/mol. The van der Waals surface area contributed by atoms with Crippen LogP contribution in [-0.2, 0) is 23.7 Å². The molecule has 0 aliphatic carbocycles. The topological polar surface area (TPSA) is 49.3 Å². The molecule has 4 rings (SSSR count). The molecule has 2 aromatic carbocycles. The summed E-state index contributed by atoms with van der Waals surface area (Å²) < 4.78 is 98.0. The standard InChI is InChI=1S/C26H25F7N4OS.ClH/c1-14-8-19(27)4-5-20(14)22-13-37(24-34-15(2)35-39-24)7-6-21(22)23(38)36(3)12-16-9-17(25(28,29)30)11-18(10-16)26(31,32)33;/h4-5,8-11,21-22H,6-7,12-13H2,1-3H3;1H. The Morgan fingerprint density at radius 3 is 2.20 bits per heavy atom. The molecule has 40 heavy (non-hydrogen) atoms. The maximum absolute atomic E-state index is 13.9. The van der Waals surface area contributed by atoms with Gasteiger partial charge in [0.05, 0.1) is 11.1 Å². The van der Waals surface area contributed by atoms with Gasteiger partial charge in [-0.05, 0) is 67.3 Å². The largest absolute Gasteiger partial charge is 0.416 e. The van der Waals surface area contributed by atoms with Crippen molar-refractivity contribution in [1.29, 1.82) is 0 Å². The number of rotatable bonds is 5. The van der Waals surface area contributed by atoms with Gasteiger partial charge >= 0.3 is 12.4 Å². The average Bonchev–Trinajstić information content (AvgIpc) is 3.28. The lowest BCUT2D eigenvalue weighted by atomic mass is 9.78. The number of aryl methyl sites for hydroxylation is 2. The van der Waals surface area contributed by atoms with Crippen LogP contribution >= 0.6 is 23.9 Å². The summed E-state index contributed by atoms with van der Waals surface area (Å²) in [6.07, 6.45) is -9.63. The highest BCUT2D eigenvalue weighted by molar-refractivity contribution is 7.09. The average molecular weight is 611 g/mol. The molecular formula is C26H26ClF7N4OS. The lowest BCUT2D eigenvalue weighted by Crippen LogP contribution is -2.46. The molecule has 0 radical (unpaired) electrons. The van der Waals surface area contributed by atoms with E-state index in [2.05, 4.69) is 9.36 Å². The van der Waals surface area contributed by atoms with Crippen molar-refractivity contribution in [2.45, 2.75) is 45.1 Å². The Morgan fingerprint density at radius 2 is 1.68 bits per heavy atom.